The van der Waals surface area contributed by atoms with E-state index in [2.05, 4.69) is 31.3 Å². The van der Waals surface area contributed by atoms with Gasteiger partial charge in [0.15, 0.2) is 11.5 Å². The Morgan fingerprint density at radius 2 is 1.95 bits per heavy atom. The van der Waals surface area contributed by atoms with Crippen LogP contribution in [0.15, 0.2) is 23.1 Å². The fraction of sp³-hybridized carbons (Fsp3) is 0.600. The van der Waals surface area contributed by atoms with Gasteiger partial charge in [0, 0.05) is 10.9 Å². The lowest BCUT2D eigenvalue weighted by atomic mass is 10.3. The van der Waals surface area contributed by atoms with Gasteiger partial charge in [-0.1, -0.05) is 13.8 Å². The van der Waals surface area contributed by atoms with E-state index in [9.17, 15) is 0 Å². The second kappa shape index (κ2) is 7.65. The highest BCUT2D eigenvalue weighted by Gasteiger charge is 2.11. The summed E-state index contributed by atoms with van der Waals surface area (Å²) in [4.78, 5) is 1.26. The molecule has 1 aromatic rings. The molecule has 4 heteroatoms. The van der Waals surface area contributed by atoms with E-state index in [1.165, 1.54) is 17.7 Å². The molecule has 106 valence electrons. The highest BCUT2D eigenvalue weighted by molar-refractivity contribution is 7.99. The van der Waals surface area contributed by atoms with Crippen molar-refractivity contribution in [2.45, 2.75) is 37.6 Å². The molecule has 1 aliphatic heterocycles. The standard InChI is InChI=1S/C15H23NO2S/c1-12(2)16-7-3-4-10-19-13-5-6-14-15(11-13)18-9-8-17-14/h5-6,11-12,16H,3-4,7-10H2,1-2H3. The minimum absolute atomic E-state index is 0.588. The van der Waals surface area contributed by atoms with E-state index in [1.54, 1.807) is 0 Å². The van der Waals surface area contributed by atoms with Crippen LogP contribution in [0.5, 0.6) is 11.5 Å². The maximum Gasteiger partial charge on any atom is 0.162 e. The predicted octanol–water partition coefficient (Wildman–Crippen LogP) is 3.33. The van der Waals surface area contributed by atoms with Gasteiger partial charge in [-0.15, -0.1) is 11.8 Å². The van der Waals surface area contributed by atoms with Crippen molar-refractivity contribution in [2.24, 2.45) is 0 Å². The van der Waals surface area contributed by atoms with E-state index in [0.29, 0.717) is 19.3 Å². The fourth-order valence-electron chi connectivity index (χ4n) is 1.92. The lowest BCUT2D eigenvalue weighted by Crippen LogP contribution is -2.23. The van der Waals surface area contributed by atoms with Gasteiger partial charge in [-0.3, -0.25) is 0 Å². The Kier molecular flexibility index (Phi) is 5.86. The number of unbranched alkanes of at least 4 members (excludes halogenated alkanes) is 1. The molecule has 0 atom stereocenters. The number of rotatable bonds is 7. The molecule has 1 aliphatic rings. The van der Waals surface area contributed by atoms with Crippen LogP contribution in [0.3, 0.4) is 0 Å². The van der Waals surface area contributed by atoms with Crippen molar-refractivity contribution >= 4 is 11.8 Å². The van der Waals surface area contributed by atoms with Crippen LogP contribution in [-0.2, 0) is 0 Å². The van der Waals surface area contributed by atoms with Crippen LogP contribution in [0, 0.1) is 0 Å². The number of ether oxygens (including phenoxy) is 2. The maximum absolute atomic E-state index is 5.59. The van der Waals surface area contributed by atoms with E-state index in [-0.39, 0.29) is 0 Å². The first-order valence-electron chi connectivity index (χ1n) is 7.01. The summed E-state index contributed by atoms with van der Waals surface area (Å²) >= 11 is 1.89. The first-order valence-corrected chi connectivity index (χ1v) is 8.00. The van der Waals surface area contributed by atoms with Gasteiger partial charge in [0.1, 0.15) is 13.2 Å². The summed E-state index contributed by atoms with van der Waals surface area (Å²) < 4.78 is 11.1. The SMILES string of the molecule is CC(C)NCCCCSc1ccc2c(c1)OCCO2. The Morgan fingerprint density at radius 3 is 2.74 bits per heavy atom. The quantitative estimate of drug-likeness (QED) is 0.613. The van der Waals surface area contributed by atoms with Crippen LogP contribution >= 0.6 is 11.8 Å². The van der Waals surface area contributed by atoms with Crippen molar-refractivity contribution < 1.29 is 9.47 Å². The Hall–Kier alpha value is -0.870. The molecule has 2 rings (SSSR count). The smallest absolute Gasteiger partial charge is 0.162 e. The van der Waals surface area contributed by atoms with Crippen LogP contribution in [0.2, 0.25) is 0 Å². The Morgan fingerprint density at radius 1 is 1.16 bits per heavy atom. The molecule has 0 saturated carbocycles. The topological polar surface area (TPSA) is 30.5 Å². The third-order valence-corrected chi connectivity index (χ3v) is 3.99. The third-order valence-electron chi connectivity index (χ3n) is 2.91. The summed E-state index contributed by atoms with van der Waals surface area (Å²) in [7, 11) is 0. The molecule has 1 heterocycles. The minimum atomic E-state index is 0.588. The van der Waals surface area contributed by atoms with Crippen LogP contribution in [0.25, 0.3) is 0 Å². The lowest BCUT2D eigenvalue weighted by Gasteiger charge is -2.18. The molecule has 0 radical (unpaired) electrons. The lowest BCUT2D eigenvalue weighted by molar-refractivity contribution is 0.171. The normalized spacial score (nSPS) is 13.8. The predicted molar refractivity (Wildman–Crippen MR) is 80.5 cm³/mol. The molecule has 19 heavy (non-hydrogen) atoms. The minimum Gasteiger partial charge on any atom is -0.486 e. The van der Waals surface area contributed by atoms with Gasteiger partial charge in [-0.25, -0.2) is 0 Å². The highest BCUT2D eigenvalue weighted by atomic mass is 32.2. The summed E-state index contributed by atoms with van der Waals surface area (Å²) in [5.74, 6) is 2.91. The van der Waals surface area contributed by atoms with E-state index >= 15 is 0 Å². The van der Waals surface area contributed by atoms with Gasteiger partial charge in [-0.2, -0.15) is 0 Å². The van der Waals surface area contributed by atoms with Gasteiger partial charge in [0.25, 0.3) is 0 Å². The average molecular weight is 281 g/mol. The summed E-state index contributed by atoms with van der Waals surface area (Å²) in [5, 5.41) is 3.44. The summed E-state index contributed by atoms with van der Waals surface area (Å²) in [6.07, 6.45) is 2.47. The van der Waals surface area contributed by atoms with Crippen molar-refractivity contribution in [3.63, 3.8) is 0 Å². The third kappa shape index (κ3) is 4.96. The molecule has 0 saturated heterocycles. The first-order chi connectivity index (χ1) is 9.25. The molecular weight excluding hydrogens is 258 g/mol. The molecular formula is C15H23NO2S. The van der Waals surface area contributed by atoms with E-state index in [4.69, 9.17) is 9.47 Å². The zero-order chi connectivity index (χ0) is 13.5. The van der Waals surface area contributed by atoms with Crippen molar-refractivity contribution in [2.75, 3.05) is 25.5 Å². The fourth-order valence-corrected chi connectivity index (χ4v) is 2.86. The van der Waals surface area contributed by atoms with E-state index < -0.39 is 0 Å². The molecule has 0 fully saturated rings. The highest BCUT2D eigenvalue weighted by Crippen LogP contribution is 2.34. The van der Waals surface area contributed by atoms with E-state index in [0.717, 1.165) is 23.8 Å². The average Bonchev–Trinajstić information content (AvgIpc) is 2.42. The maximum atomic E-state index is 5.59. The van der Waals surface area contributed by atoms with Gasteiger partial charge in [0.05, 0.1) is 0 Å². The van der Waals surface area contributed by atoms with Gasteiger partial charge < -0.3 is 14.8 Å². The molecule has 3 nitrogen and oxygen atoms in total. The van der Waals surface area contributed by atoms with Gasteiger partial charge in [0.2, 0.25) is 0 Å². The Bertz CT molecular complexity index is 396. The monoisotopic (exact) mass is 281 g/mol. The van der Waals surface area contributed by atoms with Crippen LogP contribution < -0.4 is 14.8 Å². The molecule has 0 amide bonds. The molecule has 0 unspecified atom stereocenters. The number of benzene rings is 1. The zero-order valence-electron chi connectivity index (χ0n) is 11.8. The van der Waals surface area contributed by atoms with Crippen LogP contribution in [0.1, 0.15) is 26.7 Å². The largest absolute Gasteiger partial charge is 0.486 e. The van der Waals surface area contributed by atoms with Gasteiger partial charge in [-0.05, 0) is 43.3 Å². The Balaban J connectivity index is 1.68. The first kappa shape index (κ1) is 14.5. The van der Waals surface area contributed by atoms with Crippen molar-refractivity contribution in [1.82, 2.24) is 5.32 Å². The molecule has 0 aliphatic carbocycles. The number of hydrogen-bond acceptors (Lipinski definition) is 4. The van der Waals surface area contributed by atoms with Crippen molar-refractivity contribution in [1.29, 1.82) is 0 Å². The molecule has 1 aromatic carbocycles. The molecule has 0 spiro atoms. The van der Waals surface area contributed by atoms with E-state index in [1.807, 2.05) is 17.8 Å². The van der Waals surface area contributed by atoms with Crippen LogP contribution in [0.4, 0.5) is 0 Å². The summed E-state index contributed by atoms with van der Waals surface area (Å²) in [5.41, 5.74) is 0. The van der Waals surface area contributed by atoms with Crippen molar-refractivity contribution in [3.05, 3.63) is 18.2 Å². The second-order valence-corrected chi connectivity index (χ2v) is 6.14. The molecule has 0 bridgehead atoms. The molecule has 0 aromatic heterocycles. The van der Waals surface area contributed by atoms with Gasteiger partial charge >= 0.3 is 0 Å². The number of hydrogen-bond donors (Lipinski definition) is 1. The van der Waals surface area contributed by atoms with Crippen LogP contribution in [-0.4, -0.2) is 31.6 Å². The summed E-state index contributed by atoms with van der Waals surface area (Å²) in [6.45, 7) is 6.79. The van der Waals surface area contributed by atoms with Crippen molar-refractivity contribution in [3.8, 4) is 11.5 Å². The Labute approximate surface area is 120 Å². The molecule has 1 N–H and O–H groups in total. The number of thioether (sulfide) groups is 1. The second-order valence-electron chi connectivity index (χ2n) is 4.97. The zero-order valence-corrected chi connectivity index (χ0v) is 12.6. The summed E-state index contributed by atoms with van der Waals surface area (Å²) in [6, 6.07) is 6.80. The number of fused-ring (bicyclic) bond motifs is 1. The number of nitrogens with one attached hydrogen (secondary N) is 1.